The first-order chi connectivity index (χ1) is 2.81. The van der Waals surface area contributed by atoms with E-state index in [1.54, 1.807) is 0 Å². The lowest BCUT2D eigenvalue weighted by atomic mass is 11.5. The van der Waals surface area contributed by atoms with Crippen LogP contribution in [-0.4, -0.2) is 39.4 Å². The summed E-state index contributed by atoms with van der Waals surface area (Å²) in [4.78, 5) is 9.81. The van der Waals surface area contributed by atoms with Gasteiger partial charge in [-0.15, -0.1) is 0 Å². The predicted molar refractivity (Wildman–Crippen MR) is 24.7 cm³/mol. The van der Waals surface area contributed by atoms with Gasteiger partial charge in [-0.05, 0) is 0 Å². The number of hydrogen-bond acceptors (Lipinski definition) is 3. The van der Waals surface area contributed by atoms with E-state index in [0.717, 1.165) is 0 Å². The second-order valence-corrected chi connectivity index (χ2v) is 1.47. The average molecular weight is 118 g/mol. The van der Waals surface area contributed by atoms with Crippen molar-refractivity contribution >= 4 is 39.4 Å². The van der Waals surface area contributed by atoms with Gasteiger partial charge in [-0.2, -0.15) is 0 Å². The Morgan fingerprint density at radius 3 is 1.67 bits per heavy atom. The molecule has 3 nitrogen and oxygen atoms in total. The minimum absolute atomic E-state index is 0.430. The Morgan fingerprint density at radius 2 is 1.67 bits per heavy atom. The van der Waals surface area contributed by atoms with E-state index in [9.17, 15) is 4.79 Å². The molecule has 6 heavy (non-hydrogen) atoms. The zero-order valence-corrected chi connectivity index (χ0v) is 7.72. The Kier molecular flexibility index (Phi) is 3.72. The third-order valence-corrected chi connectivity index (χ3v) is 1.00. The van der Waals surface area contributed by atoms with Gasteiger partial charge in [-0.3, -0.25) is 0 Å². The molecule has 0 aromatic rings. The number of hydrogen-bond donors (Lipinski definition) is 0. The van der Waals surface area contributed by atoms with E-state index in [1.807, 2.05) is 0 Å². The topological polar surface area (TPSA) is 35.5 Å². The highest BCUT2D eigenvalue weighted by Crippen LogP contribution is 1.70. The van der Waals surface area contributed by atoms with Crippen molar-refractivity contribution in [2.75, 3.05) is 0 Å². The van der Waals surface area contributed by atoms with Gasteiger partial charge in [0, 0.05) is 0 Å². The van der Waals surface area contributed by atoms with Gasteiger partial charge in [0.25, 0.3) is 0 Å². The highest BCUT2D eigenvalue weighted by Gasteiger charge is 1.85. The fourth-order valence-electron chi connectivity index (χ4n) is 0.0833. The SMILES string of the molecule is O=C([O][AlH2])[O][AlH2]. The van der Waals surface area contributed by atoms with Gasteiger partial charge in [0.15, 0.2) is 0 Å². The van der Waals surface area contributed by atoms with Crippen LogP contribution in [0.2, 0.25) is 0 Å². The van der Waals surface area contributed by atoms with Gasteiger partial charge in [0.05, 0.1) is 0 Å². The van der Waals surface area contributed by atoms with Gasteiger partial charge < -0.3 is 7.58 Å². The Balaban J connectivity index is 2.99. The van der Waals surface area contributed by atoms with E-state index >= 15 is 0 Å². The molecule has 0 rings (SSSR count). The van der Waals surface area contributed by atoms with E-state index in [0.29, 0.717) is 33.2 Å². The molecule has 0 bridgehead atoms. The first-order valence-corrected chi connectivity index (χ1v) is 3.06. The van der Waals surface area contributed by atoms with Crippen LogP contribution >= 0.6 is 0 Å². The maximum absolute atomic E-state index is 9.81. The fourth-order valence-corrected chi connectivity index (χ4v) is 0.750. The molecule has 0 saturated heterocycles. The minimum atomic E-state index is -0.534. The number of rotatable bonds is 0. The van der Waals surface area contributed by atoms with Gasteiger partial charge in [0.2, 0.25) is 0 Å². The molecule has 0 aliphatic heterocycles. The highest BCUT2D eigenvalue weighted by atomic mass is 27.1. The molecule has 0 unspecified atom stereocenters. The van der Waals surface area contributed by atoms with Crippen molar-refractivity contribution in [2.24, 2.45) is 0 Å². The van der Waals surface area contributed by atoms with Crippen molar-refractivity contribution in [2.45, 2.75) is 0 Å². The molecule has 0 aromatic carbocycles. The summed E-state index contributed by atoms with van der Waals surface area (Å²) in [5.74, 6) is 0. The minimum Gasteiger partial charge on any atom is -0.593 e. The fraction of sp³-hybridized carbons (Fsp3) is 0. The van der Waals surface area contributed by atoms with E-state index in [1.165, 1.54) is 0 Å². The largest absolute Gasteiger partial charge is 0.593 e. The first kappa shape index (κ1) is 6.33. The highest BCUT2D eigenvalue weighted by molar-refractivity contribution is 6.09. The van der Waals surface area contributed by atoms with Crippen molar-refractivity contribution in [1.29, 1.82) is 0 Å². The normalized spacial score (nSPS) is 6.67. The molecular weight excluding hydrogens is 114 g/mol. The van der Waals surface area contributed by atoms with Gasteiger partial charge in [-0.25, -0.2) is 4.79 Å². The second-order valence-electron chi connectivity index (χ2n) is 0.658. The molecule has 0 saturated carbocycles. The maximum atomic E-state index is 9.81. The van der Waals surface area contributed by atoms with Crippen LogP contribution < -0.4 is 0 Å². The second kappa shape index (κ2) is 3.52. The number of carbonyl (C=O) groups excluding carboxylic acids is 1. The van der Waals surface area contributed by atoms with Crippen LogP contribution in [0.15, 0.2) is 0 Å². The van der Waals surface area contributed by atoms with E-state index in [2.05, 4.69) is 7.58 Å². The zero-order valence-electron chi connectivity index (χ0n) is 3.72. The summed E-state index contributed by atoms with van der Waals surface area (Å²) in [6.07, 6.45) is -0.534. The summed E-state index contributed by atoms with van der Waals surface area (Å²) in [5, 5.41) is 0. The van der Waals surface area contributed by atoms with Crippen LogP contribution in [0.5, 0.6) is 0 Å². The monoisotopic (exact) mass is 118 g/mol. The van der Waals surface area contributed by atoms with Crippen molar-refractivity contribution in [1.82, 2.24) is 0 Å². The molecule has 0 amide bonds. The average Bonchev–Trinajstić information content (AvgIpc) is 1.65. The number of carbonyl (C=O) groups is 1. The Bertz CT molecular complexity index is 46.8. The van der Waals surface area contributed by atoms with Crippen LogP contribution in [-0.2, 0) is 7.58 Å². The third kappa shape index (κ3) is 2.57. The van der Waals surface area contributed by atoms with Gasteiger partial charge in [0.1, 0.15) is 0 Å². The lowest BCUT2D eigenvalue weighted by Crippen LogP contribution is -2.00. The van der Waals surface area contributed by atoms with Crippen LogP contribution in [0.3, 0.4) is 0 Å². The maximum Gasteiger partial charge on any atom is 0.503 e. The summed E-state index contributed by atoms with van der Waals surface area (Å²) in [6.45, 7) is 0. The lowest BCUT2D eigenvalue weighted by Gasteiger charge is -1.95. The molecule has 0 spiro atoms. The van der Waals surface area contributed by atoms with E-state index < -0.39 is 6.16 Å². The quantitative estimate of drug-likeness (QED) is 0.353. The molecule has 5 heteroatoms. The van der Waals surface area contributed by atoms with Crippen LogP contribution in [0.25, 0.3) is 0 Å². The van der Waals surface area contributed by atoms with Gasteiger partial charge in [-0.1, -0.05) is 0 Å². The van der Waals surface area contributed by atoms with Crippen LogP contribution in [0.4, 0.5) is 4.79 Å². The van der Waals surface area contributed by atoms with Crippen molar-refractivity contribution in [3.05, 3.63) is 0 Å². The lowest BCUT2D eigenvalue weighted by molar-refractivity contribution is 0.160. The predicted octanol–water partition coefficient (Wildman–Crippen LogP) is -1.76. The molecule has 0 aromatic heterocycles. The van der Waals surface area contributed by atoms with E-state index in [4.69, 9.17) is 0 Å². The molecular formula is CH4Al2O3. The molecule has 0 atom stereocenters. The molecule has 0 radical (unpaired) electrons. The van der Waals surface area contributed by atoms with Crippen molar-refractivity contribution in [3.63, 3.8) is 0 Å². The van der Waals surface area contributed by atoms with Gasteiger partial charge >= 0.3 is 39.4 Å². The summed E-state index contributed by atoms with van der Waals surface area (Å²) >= 11 is 0.860. The zero-order chi connectivity index (χ0) is 4.99. The molecule has 0 aliphatic rings. The summed E-state index contributed by atoms with van der Waals surface area (Å²) in [5.41, 5.74) is 0. The molecule has 32 valence electrons. The Labute approximate surface area is 52.1 Å². The van der Waals surface area contributed by atoms with Crippen LogP contribution in [0.1, 0.15) is 0 Å². The molecule has 0 aliphatic carbocycles. The summed E-state index contributed by atoms with van der Waals surface area (Å²) in [6, 6.07) is 0. The van der Waals surface area contributed by atoms with Crippen molar-refractivity contribution in [3.8, 4) is 0 Å². The van der Waals surface area contributed by atoms with Crippen LogP contribution in [0, 0.1) is 0 Å². The smallest absolute Gasteiger partial charge is 0.503 e. The standard InChI is InChI=1S/CH2O3.2Al.4H/c2-1(3)4;;;;;;/h(H2,2,3,4);;;;;;/q;2*+1;;;;/p-2. The Hall–Kier alpha value is 0.335. The van der Waals surface area contributed by atoms with E-state index in [-0.39, 0.29) is 0 Å². The Morgan fingerprint density at radius 1 is 1.33 bits per heavy atom. The van der Waals surface area contributed by atoms with Crippen molar-refractivity contribution < 1.29 is 12.4 Å². The molecule has 0 N–H and O–H groups in total. The summed E-state index contributed by atoms with van der Waals surface area (Å²) < 4.78 is 8.42. The molecule has 0 heterocycles. The summed E-state index contributed by atoms with van der Waals surface area (Å²) in [7, 11) is 0. The first-order valence-electron chi connectivity index (χ1n) is 1.43. The molecule has 0 fully saturated rings. The third-order valence-electron chi connectivity index (χ3n) is 0.333.